The average molecular weight is 359 g/mol. The Bertz CT molecular complexity index is 627. The number of nitrogens with zero attached hydrogens (tertiary/aromatic N) is 4. The van der Waals surface area contributed by atoms with E-state index in [4.69, 9.17) is 4.74 Å². The minimum atomic E-state index is -3.44. The van der Waals surface area contributed by atoms with Gasteiger partial charge in [-0.1, -0.05) is 6.92 Å². The molecule has 1 aromatic heterocycles. The third kappa shape index (κ3) is 4.78. The van der Waals surface area contributed by atoms with E-state index in [1.54, 1.807) is 13.2 Å². The van der Waals surface area contributed by atoms with E-state index < -0.39 is 15.8 Å². The summed E-state index contributed by atoms with van der Waals surface area (Å²) in [5, 5.41) is 0. The molecular formula is C16H30N4O3S. The second-order valence-electron chi connectivity index (χ2n) is 6.91. The van der Waals surface area contributed by atoms with Crippen molar-refractivity contribution in [1.29, 1.82) is 0 Å². The van der Waals surface area contributed by atoms with E-state index in [-0.39, 0.29) is 0 Å². The van der Waals surface area contributed by atoms with E-state index in [2.05, 4.69) is 16.5 Å². The molecular weight excluding hydrogens is 328 g/mol. The number of morpholine rings is 1. The molecule has 0 unspecified atom stereocenters. The van der Waals surface area contributed by atoms with Gasteiger partial charge in [-0.15, -0.1) is 0 Å². The first kappa shape index (κ1) is 19.4. The predicted molar refractivity (Wildman–Crippen MR) is 94.0 cm³/mol. The molecule has 0 spiro atoms. The van der Waals surface area contributed by atoms with Crippen molar-refractivity contribution in [3.05, 3.63) is 18.2 Å². The predicted octanol–water partition coefficient (Wildman–Crippen LogP) is 1.51. The van der Waals surface area contributed by atoms with Crippen LogP contribution in [-0.2, 0) is 27.9 Å². The molecule has 0 amide bonds. The molecule has 0 aliphatic carbocycles. The van der Waals surface area contributed by atoms with Crippen LogP contribution in [-0.4, -0.2) is 65.5 Å². The molecule has 0 bridgehead atoms. The zero-order chi connectivity index (χ0) is 17.8. The Morgan fingerprint density at radius 3 is 2.83 bits per heavy atom. The lowest BCUT2D eigenvalue weighted by Gasteiger charge is -2.38. The number of aryl methyl sites for hydroxylation is 2. The van der Waals surface area contributed by atoms with Gasteiger partial charge in [0.05, 0.1) is 12.2 Å². The summed E-state index contributed by atoms with van der Waals surface area (Å²) >= 11 is 0. The summed E-state index contributed by atoms with van der Waals surface area (Å²) < 4.78 is 36.1. The molecule has 1 saturated heterocycles. The van der Waals surface area contributed by atoms with E-state index >= 15 is 0 Å². The zero-order valence-corrected chi connectivity index (χ0v) is 16.0. The zero-order valence-electron chi connectivity index (χ0n) is 15.2. The summed E-state index contributed by atoms with van der Waals surface area (Å²) in [4.78, 5) is 4.37. The molecule has 1 aliphatic heterocycles. The van der Waals surface area contributed by atoms with Crippen LogP contribution in [0.5, 0.6) is 0 Å². The number of hydrogen-bond acceptors (Lipinski definition) is 4. The first-order valence-electron chi connectivity index (χ1n) is 8.61. The van der Waals surface area contributed by atoms with Gasteiger partial charge < -0.3 is 9.30 Å². The molecule has 1 aromatic rings. The Morgan fingerprint density at radius 1 is 1.42 bits per heavy atom. The third-order valence-electron chi connectivity index (χ3n) is 4.25. The summed E-state index contributed by atoms with van der Waals surface area (Å²) in [7, 11) is -1.79. The fourth-order valence-corrected chi connectivity index (χ4v) is 4.49. The monoisotopic (exact) mass is 358 g/mol. The minimum Gasteiger partial charge on any atom is -0.373 e. The number of hydrogen-bond donors (Lipinski definition) is 0. The van der Waals surface area contributed by atoms with Crippen LogP contribution in [0.15, 0.2) is 12.4 Å². The van der Waals surface area contributed by atoms with E-state index in [1.807, 2.05) is 20.0 Å². The van der Waals surface area contributed by atoms with Crippen molar-refractivity contribution >= 4 is 10.2 Å². The molecule has 7 nitrogen and oxygen atoms in total. The molecule has 0 N–H and O–H groups in total. The van der Waals surface area contributed by atoms with E-state index in [9.17, 15) is 8.42 Å². The highest BCUT2D eigenvalue weighted by Gasteiger charge is 2.35. The lowest BCUT2D eigenvalue weighted by atomic mass is 10.1. The third-order valence-corrected chi connectivity index (χ3v) is 6.18. The maximum Gasteiger partial charge on any atom is 0.281 e. The Labute approximate surface area is 145 Å². The molecule has 24 heavy (non-hydrogen) atoms. The average Bonchev–Trinajstić information content (AvgIpc) is 2.94. The molecule has 138 valence electrons. The summed E-state index contributed by atoms with van der Waals surface area (Å²) in [6.07, 6.45) is 6.38. The fourth-order valence-electron chi connectivity index (χ4n) is 2.96. The van der Waals surface area contributed by atoms with Gasteiger partial charge >= 0.3 is 0 Å². The molecule has 0 aromatic carbocycles. The smallest absolute Gasteiger partial charge is 0.281 e. The van der Waals surface area contributed by atoms with Gasteiger partial charge in [0.25, 0.3) is 10.2 Å². The van der Waals surface area contributed by atoms with Crippen molar-refractivity contribution in [3.63, 3.8) is 0 Å². The van der Waals surface area contributed by atoms with Crippen molar-refractivity contribution in [3.8, 4) is 0 Å². The molecule has 2 rings (SSSR count). The molecule has 0 atom stereocenters. The van der Waals surface area contributed by atoms with Crippen molar-refractivity contribution in [2.45, 2.75) is 52.2 Å². The van der Waals surface area contributed by atoms with Crippen molar-refractivity contribution < 1.29 is 13.2 Å². The van der Waals surface area contributed by atoms with Crippen LogP contribution < -0.4 is 0 Å². The van der Waals surface area contributed by atoms with Crippen LogP contribution in [0.25, 0.3) is 0 Å². The Hall–Kier alpha value is -0.960. The van der Waals surface area contributed by atoms with Crippen LogP contribution in [0.4, 0.5) is 0 Å². The Kier molecular flexibility index (Phi) is 6.41. The van der Waals surface area contributed by atoms with Gasteiger partial charge in [0, 0.05) is 52.0 Å². The quantitative estimate of drug-likeness (QED) is 0.706. The molecule has 8 heteroatoms. The molecule has 1 aliphatic rings. The van der Waals surface area contributed by atoms with E-state index in [0.29, 0.717) is 26.2 Å². The Balaban J connectivity index is 1.89. The van der Waals surface area contributed by atoms with Crippen LogP contribution >= 0.6 is 0 Å². The fraction of sp³-hybridized carbons (Fsp3) is 0.812. The normalized spacial score (nSPS) is 19.0. The van der Waals surface area contributed by atoms with Crippen molar-refractivity contribution in [1.82, 2.24) is 18.2 Å². The van der Waals surface area contributed by atoms with Crippen LogP contribution in [0.2, 0.25) is 0 Å². The molecule has 2 heterocycles. The lowest BCUT2D eigenvalue weighted by molar-refractivity contribution is -0.0650. The molecule has 0 saturated carbocycles. The lowest BCUT2D eigenvalue weighted by Crippen LogP contribution is -2.54. The molecule has 0 radical (unpaired) electrons. The minimum absolute atomic E-state index is 0.389. The number of aromatic nitrogens is 2. The van der Waals surface area contributed by atoms with Gasteiger partial charge in [0.15, 0.2) is 0 Å². The second-order valence-corrected chi connectivity index (χ2v) is 8.95. The van der Waals surface area contributed by atoms with Gasteiger partial charge in [0.2, 0.25) is 0 Å². The van der Waals surface area contributed by atoms with Gasteiger partial charge in [-0.05, 0) is 26.7 Å². The largest absolute Gasteiger partial charge is 0.373 e. The second kappa shape index (κ2) is 7.95. The summed E-state index contributed by atoms with van der Waals surface area (Å²) in [5.41, 5.74) is -0.433. The number of rotatable bonds is 8. The summed E-state index contributed by atoms with van der Waals surface area (Å²) in [5.74, 6) is 1.02. The van der Waals surface area contributed by atoms with Gasteiger partial charge in [-0.25, -0.2) is 4.98 Å². The first-order valence-corrected chi connectivity index (χ1v) is 10.0. The maximum absolute atomic E-state index is 12.7. The topological polar surface area (TPSA) is 67.7 Å². The first-order chi connectivity index (χ1) is 11.3. The van der Waals surface area contributed by atoms with Gasteiger partial charge in [-0.2, -0.15) is 17.0 Å². The van der Waals surface area contributed by atoms with Crippen LogP contribution in [0.1, 0.15) is 39.4 Å². The summed E-state index contributed by atoms with van der Waals surface area (Å²) in [6, 6.07) is 0. The van der Waals surface area contributed by atoms with Crippen LogP contribution in [0.3, 0.4) is 0 Å². The standard InChI is InChI=1S/C16H30N4O3S/c1-5-9-19-11-8-17-15(19)7-6-10-18(4)24(21,22)20-12-13-23-16(2,3)14-20/h8,11H,5-7,9-10,12-14H2,1-4H3. The molecule has 1 fully saturated rings. The van der Waals surface area contributed by atoms with Crippen LogP contribution in [0, 0.1) is 0 Å². The maximum atomic E-state index is 12.7. The van der Waals surface area contributed by atoms with Gasteiger partial charge in [-0.3, -0.25) is 0 Å². The van der Waals surface area contributed by atoms with Gasteiger partial charge in [0.1, 0.15) is 5.82 Å². The van der Waals surface area contributed by atoms with Crippen molar-refractivity contribution in [2.24, 2.45) is 0 Å². The van der Waals surface area contributed by atoms with Crippen molar-refractivity contribution in [2.75, 3.05) is 33.3 Å². The highest BCUT2D eigenvalue weighted by molar-refractivity contribution is 7.86. The van der Waals surface area contributed by atoms with E-state index in [0.717, 1.165) is 31.6 Å². The Morgan fingerprint density at radius 2 is 2.17 bits per heavy atom. The highest BCUT2D eigenvalue weighted by atomic mass is 32.2. The SMILES string of the molecule is CCCn1ccnc1CCCN(C)S(=O)(=O)N1CCOC(C)(C)C1. The number of ether oxygens (including phenoxy) is 1. The highest BCUT2D eigenvalue weighted by Crippen LogP contribution is 2.20. The summed E-state index contributed by atoms with van der Waals surface area (Å²) in [6.45, 7) is 8.65. The number of imidazole rings is 1. The van der Waals surface area contributed by atoms with E-state index in [1.165, 1.54) is 8.61 Å².